The van der Waals surface area contributed by atoms with Crippen molar-refractivity contribution in [1.29, 1.82) is 0 Å². The first-order chi connectivity index (χ1) is 11.7. The normalized spacial score (nSPS) is 27.4. The highest BCUT2D eigenvalue weighted by atomic mass is 32.1. The number of fused-ring (bicyclic) bond motifs is 1. The van der Waals surface area contributed by atoms with Crippen LogP contribution in [0.3, 0.4) is 0 Å². The lowest BCUT2D eigenvalue weighted by Gasteiger charge is -2.37. The van der Waals surface area contributed by atoms with Gasteiger partial charge in [0.2, 0.25) is 5.91 Å². The predicted octanol–water partition coefficient (Wildman–Crippen LogP) is 1.50. The van der Waals surface area contributed by atoms with E-state index in [4.69, 9.17) is 0 Å². The zero-order chi connectivity index (χ0) is 16.5. The second-order valence-electron chi connectivity index (χ2n) is 6.88. The van der Waals surface area contributed by atoms with Gasteiger partial charge in [0.1, 0.15) is 12.7 Å². The quantitative estimate of drug-likeness (QED) is 0.843. The largest absolute Gasteiger partial charge is 0.342 e. The Labute approximate surface area is 146 Å². The average Bonchev–Trinajstić information content (AvgIpc) is 3.31. The molecule has 0 unspecified atom stereocenters. The Balaban J connectivity index is 1.37. The lowest BCUT2D eigenvalue weighted by atomic mass is 9.92. The molecule has 0 aromatic carbocycles. The monoisotopic (exact) mass is 345 g/mol. The second kappa shape index (κ2) is 6.64. The van der Waals surface area contributed by atoms with Gasteiger partial charge in [-0.15, -0.1) is 11.3 Å². The molecule has 2 aromatic rings. The van der Waals surface area contributed by atoms with Gasteiger partial charge in [-0.1, -0.05) is 6.07 Å². The van der Waals surface area contributed by atoms with Crippen LogP contribution in [0.2, 0.25) is 0 Å². The van der Waals surface area contributed by atoms with Crippen molar-refractivity contribution in [3.05, 3.63) is 35.0 Å². The fourth-order valence-corrected chi connectivity index (χ4v) is 4.92. The van der Waals surface area contributed by atoms with E-state index in [9.17, 15) is 4.79 Å². The third-order valence-electron chi connectivity index (χ3n) is 5.49. The maximum absolute atomic E-state index is 12.6. The zero-order valence-corrected chi connectivity index (χ0v) is 14.7. The first-order valence-electron chi connectivity index (χ1n) is 8.55. The SMILES string of the molecule is CN1[C@@H](Cn2cncn2)C[C@H]2CN(C(=O)Cc3cccs3)CC[C@H]21. The smallest absolute Gasteiger partial charge is 0.227 e. The van der Waals surface area contributed by atoms with Crippen LogP contribution in [0, 0.1) is 5.92 Å². The molecule has 7 heteroatoms. The van der Waals surface area contributed by atoms with Gasteiger partial charge in [-0.05, 0) is 37.3 Å². The van der Waals surface area contributed by atoms with Crippen molar-refractivity contribution in [3.8, 4) is 0 Å². The van der Waals surface area contributed by atoms with Gasteiger partial charge in [0.05, 0.1) is 13.0 Å². The molecular weight excluding hydrogens is 322 g/mol. The van der Waals surface area contributed by atoms with Crippen LogP contribution in [-0.2, 0) is 17.8 Å². The Morgan fingerprint density at radius 2 is 2.38 bits per heavy atom. The van der Waals surface area contributed by atoms with Gasteiger partial charge in [0.25, 0.3) is 0 Å². The standard InChI is InChI=1S/C17H23N5OS/c1-20-14(10-22-12-18-11-19-22)7-13-9-21(5-4-16(13)20)17(23)8-15-3-2-6-24-15/h2-3,6,11-14,16H,4-5,7-10H2,1H3/t13-,14+,16+/m0/s1. The molecule has 3 atom stereocenters. The van der Waals surface area contributed by atoms with Crippen molar-refractivity contribution in [2.24, 2.45) is 5.92 Å². The van der Waals surface area contributed by atoms with Gasteiger partial charge in [-0.25, -0.2) is 4.98 Å². The van der Waals surface area contributed by atoms with E-state index in [1.54, 1.807) is 24.0 Å². The summed E-state index contributed by atoms with van der Waals surface area (Å²) in [7, 11) is 2.22. The topological polar surface area (TPSA) is 54.3 Å². The molecule has 24 heavy (non-hydrogen) atoms. The fraction of sp³-hybridized carbons (Fsp3) is 0.588. The molecule has 4 heterocycles. The summed E-state index contributed by atoms with van der Waals surface area (Å²) in [6.45, 7) is 2.66. The summed E-state index contributed by atoms with van der Waals surface area (Å²) in [6.07, 6.45) is 6.13. The minimum atomic E-state index is 0.276. The number of carbonyl (C=O) groups is 1. The van der Waals surface area contributed by atoms with E-state index in [-0.39, 0.29) is 5.91 Å². The van der Waals surface area contributed by atoms with Gasteiger partial charge in [0, 0.05) is 30.1 Å². The van der Waals surface area contributed by atoms with Gasteiger partial charge in [0.15, 0.2) is 0 Å². The second-order valence-corrected chi connectivity index (χ2v) is 7.92. The Kier molecular flexibility index (Phi) is 4.37. The molecule has 2 fully saturated rings. The van der Waals surface area contributed by atoms with Crippen molar-refractivity contribution >= 4 is 17.2 Å². The highest BCUT2D eigenvalue weighted by Crippen LogP contribution is 2.35. The van der Waals surface area contributed by atoms with Crippen molar-refractivity contribution in [2.75, 3.05) is 20.1 Å². The first kappa shape index (κ1) is 15.8. The highest BCUT2D eigenvalue weighted by molar-refractivity contribution is 7.10. The van der Waals surface area contributed by atoms with E-state index >= 15 is 0 Å². The molecule has 128 valence electrons. The van der Waals surface area contributed by atoms with Crippen molar-refractivity contribution in [2.45, 2.75) is 37.9 Å². The molecule has 0 N–H and O–H groups in total. The number of nitrogens with zero attached hydrogens (tertiary/aromatic N) is 5. The van der Waals surface area contributed by atoms with Crippen LogP contribution in [0.4, 0.5) is 0 Å². The maximum atomic E-state index is 12.6. The number of thiophene rings is 1. The van der Waals surface area contributed by atoms with E-state index < -0.39 is 0 Å². The van der Waals surface area contributed by atoms with E-state index in [1.165, 1.54) is 0 Å². The minimum Gasteiger partial charge on any atom is -0.342 e. The van der Waals surface area contributed by atoms with E-state index in [1.807, 2.05) is 22.2 Å². The van der Waals surface area contributed by atoms with E-state index in [0.29, 0.717) is 24.4 Å². The molecule has 2 aliphatic rings. The molecule has 2 saturated heterocycles. The molecule has 1 amide bonds. The van der Waals surface area contributed by atoms with Crippen molar-refractivity contribution < 1.29 is 4.79 Å². The van der Waals surface area contributed by atoms with Gasteiger partial charge in [-0.3, -0.25) is 14.4 Å². The minimum absolute atomic E-state index is 0.276. The van der Waals surface area contributed by atoms with Crippen LogP contribution in [0.1, 0.15) is 17.7 Å². The van der Waals surface area contributed by atoms with Crippen LogP contribution in [0.5, 0.6) is 0 Å². The summed E-state index contributed by atoms with van der Waals surface area (Å²) in [6, 6.07) is 5.13. The molecule has 0 spiro atoms. The number of carbonyl (C=O) groups excluding carboxylic acids is 1. The third-order valence-corrected chi connectivity index (χ3v) is 6.37. The Bertz CT molecular complexity index is 671. The molecule has 0 bridgehead atoms. The van der Waals surface area contributed by atoms with Crippen LogP contribution in [0.25, 0.3) is 0 Å². The molecule has 2 aromatic heterocycles. The fourth-order valence-electron chi connectivity index (χ4n) is 4.22. The summed E-state index contributed by atoms with van der Waals surface area (Å²) in [5.41, 5.74) is 0. The number of piperidine rings is 1. The zero-order valence-electron chi connectivity index (χ0n) is 13.9. The number of rotatable bonds is 4. The van der Waals surface area contributed by atoms with Crippen LogP contribution < -0.4 is 0 Å². The molecular formula is C17H23N5OS. The van der Waals surface area contributed by atoms with Crippen LogP contribution in [-0.4, -0.2) is 62.7 Å². The number of hydrogen-bond acceptors (Lipinski definition) is 5. The third kappa shape index (κ3) is 3.10. The predicted molar refractivity (Wildman–Crippen MR) is 92.7 cm³/mol. The summed E-state index contributed by atoms with van der Waals surface area (Å²) in [5, 5.41) is 6.27. The molecule has 6 nitrogen and oxygen atoms in total. The van der Waals surface area contributed by atoms with Gasteiger partial charge >= 0.3 is 0 Å². The van der Waals surface area contributed by atoms with Gasteiger partial charge < -0.3 is 4.90 Å². The number of aromatic nitrogens is 3. The van der Waals surface area contributed by atoms with Gasteiger partial charge in [-0.2, -0.15) is 5.10 Å². The van der Waals surface area contributed by atoms with Crippen LogP contribution in [0.15, 0.2) is 30.2 Å². The Morgan fingerprint density at radius 3 is 3.12 bits per heavy atom. The number of hydrogen-bond donors (Lipinski definition) is 0. The number of likely N-dealkylation sites (N-methyl/N-ethyl adjacent to an activating group) is 1. The molecule has 2 aliphatic heterocycles. The molecule has 0 aliphatic carbocycles. The number of amides is 1. The first-order valence-corrected chi connectivity index (χ1v) is 9.43. The molecule has 4 rings (SSSR count). The highest BCUT2D eigenvalue weighted by Gasteiger charge is 2.42. The maximum Gasteiger partial charge on any atom is 0.227 e. The van der Waals surface area contributed by atoms with E-state index in [0.717, 1.165) is 37.4 Å². The number of likely N-dealkylation sites (tertiary alicyclic amines) is 2. The molecule has 0 saturated carbocycles. The Hall–Kier alpha value is -1.73. The van der Waals surface area contributed by atoms with Crippen molar-refractivity contribution in [3.63, 3.8) is 0 Å². The summed E-state index contributed by atoms with van der Waals surface area (Å²) < 4.78 is 1.91. The molecule has 0 radical (unpaired) electrons. The average molecular weight is 345 g/mol. The Morgan fingerprint density at radius 1 is 1.46 bits per heavy atom. The van der Waals surface area contributed by atoms with E-state index in [2.05, 4.69) is 26.9 Å². The summed E-state index contributed by atoms with van der Waals surface area (Å²) in [4.78, 5) is 22.3. The summed E-state index contributed by atoms with van der Waals surface area (Å²) >= 11 is 1.67. The summed E-state index contributed by atoms with van der Waals surface area (Å²) in [5.74, 6) is 0.850. The lowest BCUT2D eigenvalue weighted by molar-refractivity contribution is -0.132. The van der Waals surface area contributed by atoms with Crippen LogP contribution >= 0.6 is 11.3 Å². The van der Waals surface area contributed by atoms with Crippen molar-refractivity contribution in [1.82, 2.24) is 24.6 Å². The lowest BCUT2D eigenvalue weighted by Crippen LogP contribution is -2.48.